The van der Waals surface area contributed by atoms with Gasteiger partial charge in [0.1, 0.15) is 5.82 Å². The fraction of sp³-hybridized carbons (Fsp3) is 0.429. The lowest BCUT2D eigenvalue weighted by molar-refractivity contribution is 0.131. The van der Waals surface area contributed by atoms with E-state index in [0.717, 1.165) is 10.8 Å². The Hall–Kier alpha value is -1.66. The molecule has 7 heteroatoms. The van der Waals surface area contributed by atoms with Gasteiger partial charge < -0.3 is 11.5 Å². The van der Waals surface area contributed by atoms with Crippen molar-refractivity contribution in [1.82, 2.24) is 9.55 Å². The summed E-state index contributed by atoms with van der Waals surface area (Å²) in [6.45, 7) is -0.180. The monoisotopic (exact) mass is 204 g/mol. The highest BCUT2D eigenvalue weighted by Crippen LogP contribution is 2.10. The summed E-state index contributed by atoms with van der Waals surface area (Å²) in [5.74, 6) is -0.0225. The Labute approximate surface area is 78.3 Å². The largest absolute Gasteiger partial charge is 0.395 e. The minimum Gasteiger partial charge on any atom is -0.395 e. The van der Waals surface area contributed by atoms with Crippen LogP contribution in [-0.4, -0.2) is 16.0 Å². The molecular formula is C7H10F2N4O. The Morgan fingerprint density at radius 3 is 2.71 bits per heavy atom. The maximum atomic E-state index is 11.9. The van der Waals surface area contributed by atoms with Gasteiger partial charge in [0, 0.05) is 13.0 Å². The zero-order chi connectivity index (χ0) is 10.7. The zero-order valence-corrected chi connectivity index (χ0v) is 7.28. The van der Waals surface area contributed by atoms with E-state index in [9.17, 15) is 13.6 Å². The average Bonchev–Trinajstić information content (AvgIpc) is 2.11. The van der Waals surface area contributed by atoms with Gasteiger partial charge in [-0.15, -0.1) is 0 Å². The van der Waals surface area contributed by atoms with Crippen molar-refractivity contribution < 1.29 is 8.78 Å². The first kappa shape index (κ1) is 10.4. The third kappa shape index (κ3) is 2.18. The summed E-state index contributed by atoms with van der Waals surface area (Å²) >= 11 is 0. The Morgan fingerprint density at radius 1 is 1.50 bits per heavy atom. The van der Waals surface area contributed by atoms with Gasteiger partial charge in [0.15, 0.2) is 0 Å². The molecule has 0 saturated carbocycles. The number of nitrogens with two attached hydrogens (primary N) is 2. The molecule has 0 radical (unpaired) electrons. The molecule has 0 unspecified atom stereocenters. The van der Waals surface area contributed by atoms with Crippen LogP contribution in [0.1, 0.15) is 6.42 Å². The van der Waals surface area contributed by atoms with Gasteiger partial charge in [-0.25, -0.2) is 13.6 Å². The van der Waals surface area contributed by atoms with Crippen LogP contribution < -0.4 is 17.2 Å². The van der Waals surface area contributed by atoms with E-state index in [2.05, 4.69) is 4.98 Å². The Morgan fingerprint density at radius 2 is 2.14 bits per heavy atom. The van der Waals surface area contributed by atoms with Crippen molar-refractivity contribution in [2.75, 3.05) is 11.5 Å². The molecule has 0 aliphatic heterocycles. The number of alkyl halides is 2. The molecule has 0 bridgehead atoms. The van der Waals surface area contributed by atoms with Gasteiger partial charge in [-0.1, -0.05) is 0 Å². The molecule has 0 spiro atoms. The second kappa shape index (κ2) is 4.03. The minimum absolute atomic E-state index is 0.0225. The molecule has 0 fully saturated rings. The van der Waals surface area contributed by atoms with E-state index in [1.807, 2.05) is 0 Å². The fourth-order valence-corrected chi connectivity index (χ4v) is 0.962. The van der Waals surface area contributed by atoms with E-state index in [4.69, 9.17) is 11.5 Å². The van der Waals surface area contributed by atoms with Gasteiger partial charge >= 0.3 is 5.69 Å². The minimum atomic E-state index is -2.48. The number of halogens is 2. The number of hydrogen-bond donors (Lipinski definition) is 2. The van der Waals surface area contributed by atoms with E-state index in [0.29, 0.717) is 0 Å². The number of rotatable bonds is 3. The third-order valence-electron chi connectivity index (χ3n) is 1.70. The first-order valence-corrected chi connectivity index (χ1v) is 3.91. The van der Waals surface area contributed by atoms with Crippen molar-refractivity contribution >= 4 is 11.5 Å². The van der Waals surface area contributed by atoms with Crippen LogP contribution in [0.2, 0.25) is 0 Å². The number of nitrogens with zero attached hydrogens (tertiary/aromatic N) is 2. The summed E-state index contributed by atoms with van der Waals surface area (Å²) in [7, 11) is 0. The van der Waals surface area contributed by atoms with Crippen LogP contribution in [0.3, 0.4) is 0 Å². The molecule has 0 aliphatic rings. The normalized spacial score (nSPS) is 10.8. The van der Waals surface area contributed by atoms with Gasteiger partial charge in [0.2, 0.25) is 6.43 Å². The molecule has 0 atom stereocenters. The van der Waals surface area contributed by atoms with Crippen LogP contribution in [0.4, 0.5) is 20.3 Å². The summed E-state index contributed by atoms with van der Waals surface area (Å²) in [5.41, 5.74) is 10.2. The Bertz CT molecular complexity index is 376. The van der Waals surface area contributed by atoms with E-state index < -0.39 is 18.5 Å². The Balaban J connectivity index is 2.95. The van der Waals surface area contributed by atoms with Crippen LogP contribution in [0.5, 0.6) is 0 Å². The van der Waals surface area contributed by atoms with Crippen molar-refractivity contribution in [3.63, 3.8) is 0 Å². The standard InChI is InChI=1S/C7H10F2N4O/c8-5(9)1-2-13-6(11)4(10)3-12-7(13)14/h3,5H,1-2,10-11H2. The first-order valence-electron chi connectivity index (χ1n) is 3.91. The van der Waals surface area contributed by atoms with Crippen LogP contribution >= 0.6 is 0 Å². The van der Waals surface area contributed by atoms with Gasteiger partial charge in [-0.2, -0.15) is 4.98 Å². The SMILES string of the molecule is Nc1cnc(=O)n(CCC(F)F)c1N. The third-order valence-corrected chi connectivity index (χ3v) is 1.70. The van der Waals surface area contributed by atoms with Gasteiger partial charge in [0.25, 0.3) is 0 Å². The molecule has 78 valence electrons. The topological polar surface area (TPSA) is 86.9 Å². The van der Waals surface area contributed by atoms with Crippen LogP contribution in [-0.2, 0) is 6.54 Å². The quantitative estimate of drug-likeness (QED) is 0.729. The second-order valence-corrected chi connectivity index (χ2v) is 2.71. The van der Waals surface area contributed by atoms with Crippen LogP contribution in [0.25, 0.3) is 0 Å². The number of nitrogen functional groups attached to an aromatic ring is 2. The van der Waals surface area contributed by atoms with Crippen molar-refractivity contribution in [2.24, 2.45) is 0 Å². The van der Waals surface area contributed by atoms with Crippen molar-refractivity contribution in [1.29, 1.82) is 0 Å². The lowest BCUT2D eigenvalue weighted by atomic mass is 10.4. The summed E-state index contributed by atoms with van der Waals surface area (Å²) in [6.07, 6.45) is -1.83. The average molecular weight is 204 g/mol. The van der Waals surface area contributed by atoms with Crippen LogP contribution in [0.15, 0.2) is 11.0 Å². The van der Waals surface area contributed by atoms with Crippen molar-refractivity contribution in [3.8, 4) is 0 Å². The highest BCUT2D eigenvalue weighted by molar-refractivity contribution is 5.56. The molecule has 5 nitrogen and oxygen atoms in total. The fourth-order valence-electron chi connectivity index (χ4n) is 0.962. The molecule has 0 aromatic carbocycles. The molecule has 0 saturated heterocycles. The van der Waals surface area contributed by atoms with Gasteiger partial charge in [-0.3, -0.25) is 4.57 Å². The highest BCUT2D eigenvalue weighted by Gasteiger charge is 2.08. The second-order valence-electron chi connectivity index (χ2n) is 2.71. The van der Waals surface area contributed by atoms with Crippen LogP contribution in [0, 0.1) is 0 Å². The maximum Gasteiger partial charge on any atom is 0.349 e. The van der Waals surface area contributed by atoms with Crippen molar-refractivity contribution in [2.45, 2.75) is 19.4 Å². The Kier molecular flexibility index (Phi) is 3.00. The van der Waals surface area contributed by atoms with Gasteiger partial charge in [0.05, 0.1) is 11.9 Å². The molecule has 1 aromatic rings. The zero-order valence-electron chi connectivity index (χ0n) is 7.28. The lowest BCUT2D eigenvalue weighted by Crippen LogP contribution is -2.27. The maximum absolute atomic E-state index is 11.9. The van der Waals surface area contributed by atoms with E-state index in [1.54, 1.807) is 0 Å². The van der Waals surface area contributed by atoms with Crippen molar-refractivity contribution in [3.05, 3.63) is 16.7 Å². The summed E-state index contributed by atoms with van der Waals surface area (Å²) < 4.78 is 24.7. The molecule has 14 heavy (non-hydrogen) atoms. The molecule has 4 N–H and O–H groups in total. The van der Waals surface area contributed by atoms with E-state index in [-0.39, 0.29) is 18.1 Å². The number of aromatic nitrogens is 2. The molecule has 1 aromatic heterocycles. The summed E-state index contributed by atoms with van der Waals surface area (Å²) in [5, 5.41) is 0. The van der Waals surface area contributed by atoms with E-state index >= 15 is 0 Å². The lowest BCUT2D eigenvalue weighted by Gasteiger charge is -2.09. The predicted molar refractivity (Wildman–Crippen MR) is 47.9 cm³/mol. The highest BCUT2D eigenvalue weighted by atomic mass is 19.3. The molecule has 0 aliphatic carbocycles. The summed E-state index contributed by atoms with van der Waals surface area (Å²) in [4.78, 5) is 14.5. The molecule has 0 amide bonds. The number of anilines is 2. The van der Waals surface area contributed by atoms with Gasteiger partial charge in [-0.05, 0) is 0 Å². The first-order chi connectivity index (χ1) is 6.52. The smallest absolute Gasteiger partial charge is 0.349 e. The van der Waals surface area contributed by atoms with E-state index in [1.165, 1.54) is 0 Å². The predicted octanol–water partition coefficient (Wildman–Crippen LogP) is 0.0629. The molecule has 1 rings (SSSR count). The summed E-state index contributed by atoms with van der Waals surface area (Å²) in [6, 6.07) is 0. The molecule has 1 heterocycles. The molecular weight excluding hydrogens is 194 g/mol. The number of hydrogen-bond acceptors (Lipinski definition) is 4.